The molecule has 0 spiro atoms. The van der Waals surface area contributed by atoms with E-state index in [9.17, 15) is 4.79 Å². The molecule has 0 aromatic heterocycles. The summed E-state index contributed by atoms with van der Waals surface area (Å²) in [5, 5.41) is 2.98. The summed E-state index contributed by atoms with van der Waals surface area (Å²) in [5.74, 6) is 1.38. The molecule has 0 aliphatic carbocycles. The Labute approximate surface area is 137 Å². The predicted molar refractivity (Wildman–Crippen MR) is 90.5 cm³/mol. The fourth-order valence-corrected chi connectivity index (χ4v) is 2.33. The van der Waals surface area contributed by atoms with Crippen molar-refractivity contribution in [2.75, 3.05) is 6.79 Å². The van der Waals surface area contributed by atoms with Gasteiger partial charge in [0.2, 0.25) is 12.7 Å². The number of ether oxygens (including phenoxy) is 2. The molecule has 0 radical (unpaired) electrons. The molecule has 0 saturated carbocycles. The first kappa shape index (κ1) is 16.9. The van der Waals surface area contributed by atoms with E-state index in [-0.39, 0.29) is 25.2 Å². The molecule has 0 saturated heterocycles. The largest absolute Gasteiger partial charge is 0.458 e. The zero-order valence-electron chi connectivity index (χ0n) is 13.7. The summed E-state index contributed by atoms with van der Waals surface area (Å²) in [4.78, 5) is 12.0. The lowest BCUT2D eigenvalue weighted by Crippen LogP contribution is -2.34. The summed E-state index contributed by atoms with van der Waals surface area (Å²) in [6.45, 7) is 7.96. The quantitative estimate of drug-likeness (QED) is 0.785. The summed E-state index contributed by atoms with van der Waals surface area (Å²) in [6, 6.07) is 8.08. The smallest absolute Gasteiger partial charge is 0.230 e. The van der Waals surface area contributed by atoms with E-state index in [0.29, 0.717) is 5.76 Å². The van der Waals surface area contributed by atoms with Gasteiger partial charge in [-0.3, -0.25) is 4.79 Å². The van der Waals surface area contributed by atoms with Crippen LogP contribution in [0.1, 0.15) is 24.5 Å². The lowest BCUT2D eigenvalue weighted by Gasteiger charge is -2.15. The van der Waals surface area contributed by atoms with Gasteiger partial charge in [-0.2, -0.15) is 0 Å². The van der Waals surface area contributed by atoms with E-state index in [1.54, 1.807) is 18.2 Å². The first-order chi connectivity index (χ1) is 11.1. The van der Waals surface area contributed by atoms with Crippen LogP contribution in [0.4, 0.5) is 0 Å². The molecule has 1 heterocycles. The fourth-order valence-electron chi connectivity index (χ4n) is 2.33. The Kier molecular flexibility index (Phi) is 6.03. The minimum Gasteiger partial charge on any atom is -0.458 e. The normalized spacial score (nSPS) is 15.2. The molecule has 1 unspecified atom stereocenters. The van der Waals surface area contributed by atoms with Crippen molar-refractivity contribution in [2.24, 2.45) is 0 Å². The van der Waals surface area contributed by atoms with Crippen molar-refractivity contribution in [3.05, 3.63) is 71.7 Å². The maximum absolute atomic E-state index is 12.0. The molecule has 0 bridgehead atoms. The van der Waals surface area contributed by atoms with Crippen molar-refractivity contribution in [3.63, 3.8) is 0 Å². The minimum atomic E-state index is -0.0796. The lowest BCUT2D eigenvalue weighted by molar-refractivity contribution is -0.120. The third-order valence-electron chi connectivity index (χ3n) is 3.74. The van der Waals surface area contributed by atoms with Gasteiger partial charge in [0.15, 0.2) is 5.76 Å². The van der Waals surface area contributed by atoms with Crippen LogP contribution >= 0.6 is 0 Å². The maximum Gasteiger partial charge on any atom is 0.230 e. The first-order valence-electron chi connectivity index (χ1n) is 7.69. The lowest BCUT2D eigenvalue weighted by atomic mass is 10.0. The van der Waals surface area contributed by atoms with E-state index in [2.05, 4.69) is 31.0 Å². The number of amides is 1. The second-order valence-corrected chi connectivity index (χ2v) is 5.47. The van der Waals surface area contributed by atoms with Crippen molar-refractivity contribution in [1.29, 1.82) is 0 Å². The van der Waals surface area contributed by atoms with E-state index in [0.717, 1.165) is 12.2 Å². The predicted octanol–water partition coefficient (Wildman–Crippen LogP) is 3.39. The van der Waals surface area contributed by atoms with Gasteiger partial charge in [-0.25, -0.2) is 0 Å². The zero-order chi connectivity index (χ0) is 16.7. The number of rotatable bonds is 7. The van der Waals surface area contributed by atoms with E-state index in [1.807, 2.05) is 19.1 Å². The average Bonchev–Trinajstić information content (AvgIpc) is 2.94. The Morgan fingerprint density at radius 1 is 1.35 bits per heavy atom. The molecule has 2 rings (SSSR count). The molecule has 4 heteroatoms. The van der Waals surface area contributed by atoms with Crippen LogP contribution < -0.4 is 5.32 Å². The van der Waals surface area contributed by atoms with Crippen LogP contribution in [0.25, 0.3) is 0 Å². The maximum atomic E-state index is 12.0. The van der Waals surface area contributed by atoms with Gasteiger partial charge in [-0.1, -0.05) is 36.4 Å². The van der Waals surface area contributed by atoms with Crippen LogP contribution in [0, 0.1) is 6.92 Å². The SMILES string of the molecule is C=CC(Cc1ccccc1C)NC(=O)C/C=C\C1=C(C)OCO1. The van der Waals surface area contributed by atoms with Crippen molar-refractivity contribution in [1.82, 2.24) is 5.32 Å². The molecule has 1 aromatic rings. The molecular formula is C19H23NO3. The monoisotopic (exact) mass is 313 g/mol. The van der Waals surface area contributed by atoms with Gasteiger partial charge in [0.25, 0.3) is 0 Å². The van der Waals surface area contributed by atoms with Gasteiger partial charge in [0.05, 0.1) is 6.04 Å². The number of aryl methyl sites for hydroxylation is 1. The highest BCUT2D eigenvalue weighted by atomic mass is 16.7. The number of hydrogen-bond acceptors (Lipinski definition) is 3. The van der Waals surface area contributed by atoms with Crippen molar-refractivity contribution >= 4 is 5.91 Å². The molecule has 1 aromatic carbocycles. The van der Waals surface area contributed by atoms with Gasteiger partial charge in [0, 0.05) is 6.42 Å². The van der Waals surface area contributed by atoms with Crippen LogP contribution in [-0.4, -0.2) is 18.7 Å². The summed E-state index contributed by atoms with van der Waals surface area (Å²) < 4.78 is 10.4. The molecule has 0 fully saturated rings. The fraction of sp³-hybridized carbons (Fsp3) is 0.316. The van der Waals surface area contributed by atoms with Gasteiger partial charge in [0.1, 0.15) is 5.76 Å². The van der Waals surface area contributed by atoms with E-state index in [1.165, 1.54) is 11.1 Å². The third-order valence-corrected chi connectivity index (χ3v) is 3.74. The number of carbonyl (C=O) groups is 1. The van der Waals surface area contributed by atoms with Gasteiger partial charge in [-0.05, 0) is 37.5 Å². The number of allylic oxidation sites excluding steroid dienone is 2. The van der Waals surface area contributed by atoms with E-state index in [4.69, 9.17) is 9.47 Å². The third kappa shape index (κ3) is 5.02. The van der Waals surface area contributed by atoms with Crippen molar-refractivity contribution in [2.45, 2.75) is 32.7 Å². The molecule has 1 aliphatic rings. The number of benzene rings is 1. The molecular weight excluding hydrogens is 290 g/mol. The van der Waals surface area contributed by atoms with Crippen molar-refractivity contribution < 1.29 is 14.3 Å². The van der Waals surface area contributed by atoms with Crippen LogP contribution in [0.15, 0.2) is 60.6 Å². The van der Waals surface area contributed by atoms with Gasteiger partial charge >= 0.3 is 0 Å². The zero-order valence-corrected chi connectivity index (χ0v) is 13.7. The second-order valence-electron chi connectivity index (χ2n) is 5.47. The summed E-state index contributed by atoms with van der Waals surface area (Å²) >= 11 is 0. The van der Waals surface area contributed by atoms with Crippen molar-refractivity contribution in [3.8, 4) is 0 Å². The summed E-state index contributed by atoms with van der Waals surface area (Å²) in [6.07, 6.45) is 6.35. The number of nitrogens with one attached hydrogen (secondary N) is 1. The van der Waals surface area contributed by atoms with Gasteiger partial charge in [-0.15, -0.1) is 6.58 Å². The molecule has 23 heavy (non-hydrogen) atoms. The van der Waals surface area contributed by atoms with Crippen LogP contribution in [0.3, 0.4) is 0 Å². The Hall–Kier alpha value is -2.49. The average molecular weight is 313 g/mol. The van der Waals surface area contributed by atoms with Crippen LogP contribution in [0.5, 0.6) is 0 Å². The van der Waals surface area contributed by atoms with Crippen LogP contribution in [0.2, 0.25) is 0 Å². The topological polar surface area (TPSA) is 47.6 Å². The molecule has 1 amide bonds. The standard InChI is InChI=1S/C19H23NO3/c1-4-17(12-16-9-6-5-8-14(16)2)20-19(21)11-7-10-18-15(3)22-13-23-18/h4-10,17H,1,11-13H2,2-3H3,(H,20,21)/b10-7-. The minimum absolute atomic E-state index is 0.0445. The molecule has 1 N–H and O–H groups in total. The Morgan fingerprint density at radius 3 is 2.78 bits per heavy atom. The highest BCUT2D eigenvalue weighted by Crippen LogP contribution is 2.16. The molecule has 122 valence electrons. The summed E-state index contributed by atoms with van der Waals surface area (Å²) in [5.41, 5.74) is 2.43. The Bertz CT molecular complexity index is 631. The van der Waals surface area contributed by atoms with Gasteiger partial charge < -0.3 is 14.8 Å². The van der Waals surface area contributed by atoms with E-state index < -0.39 is 0 Å². The molecule has 1 aliphatic heterocycles. The first-order valence-corrected chi connectivity index (χ1v) is 7.69. The summed E-state index contributed by atoms with van der Waals surface area (Å²) in [7, 11) is 0. The highest BCUT2D eigenvalue weighted by Gasteiger charge is 2.11. The van der Waals surface area contributed by atoms with Crippen LogP contribution in [-0.2, 0) is 20.7 Å². The number of hydrogen-bond donors (Lipinski definition) is 1. The second kappa shape index (κ2) is 8.22. The Balaban J connectivity index is 1.85. The molecule has 4 nitrogen and oxygen atoms in total. The highest BCUT2D eigenvalue weighted by molar-refractivity contribution is 5.78. The Morgan fingerprint density at radius 2 is 2.13 bits per heavy atom. The van der Waals surface area contributed by atoms with E-state index >= 15 is 0 Å². The number of carbonyl (C=O) groups excluding carboxylic acids is 1. The molecule has 1 atom stereocenters.